The topological polar surface area (TPSA) is 35.8 Å². The average molecular weight is 208 g/mol. The highest BCUT2D eigenvalue weighted by atomic mass is 32.1. The van der Waals surface area contributed by atoms with Crippen LogP contribution in [0.5, 0.6) is 0 Å². The first-order chi connectivity index (χ1) is 6.77. The number of thiophene rings is 1. The molecule has 3 heteroatoms. The van der Waals surface area contributed by atoms with E-state index in [9.17, 15) is 0 Å². The van der Waals surface area contributed by atoms with Gasteiger partial charge in [0.2, 0.25) is 0 Å². The van der Waals surface area contributed by atoms with Gasteiger partial charge in [0, 0.05) is 12.6 Å². The van der Waals surface area contributed by atoms with Crippen molar-refractivity contribution in [1.29, 1.82) is 5.26 Å². The minimum atomic E-state index is 0.333. The third kappa shape index (κ3) is 3.13. The molecule has 1 aromatic rings. The summed E-state index contributed by atoms with van der Waals surface area (Å²) in [6, 6.07) is 2.54. The summed E-state index contributed by atoms with van der Waals surface area (Å²) in [6.45, 7) is 5.11. The minimum Gasteiger partial charge on any atom is -0.309 e. The Balaban J connectivity index is 2.40. The van der Waals surface area contributed by atoms with E-state index in [0.717, 1.165) is 13.0 Å². The Morgan fingerprint density at radius 3 is 2.86 bits per heavy atom. The SMILES string of the molecule is CCC(CC#N)NCc1cscc1C. The Bertz CT molecular complexity index is 311. The molecule has 0 aliphatic carbocycles. The summed E-state index contributed by atoms with van der Waals surface area (Å²) >= 11 is 1.73. The van der Waals surface area contributed by atoms with Crippen molar-refractivity contribution < 1.29 is 0 Å². The second-order valence-electron chi connectivity index (χ2n) is 3.43. The molecular formula is C11H16N2S. The zero-order valence-corrected chi connectivity index (χ0v) is 9.53. The third-order valence-electron chi connectivity index (χ3n) is 2.37. The molecule has 2 nitrogen and oxygen atoms in total. The van der Waals surface area contributed by atoms with Crippen LogP contribution in [0, 0.1) is 18.3 Å². The molecule has 1 N–H and O–H groups in total. The second-order valence-corrected chi connectivity index (χ2v) is 4.17. The molecule has 0 aromatic carbocycles. The van der Waals surface area contributed by atoms with Crippen molar-refractivity contribution in [3.63, 3.8) is 0 Å². The summed E-state index contributed by atoms with van der Waals surface area (Å²) < 4.78 is 0. The van der Waals surface area contributed by atoms with E-state index in [4.69, 9.17) is 5.26 Å². The van der Waals surface area contributed by atoms with Crippen LogP contribution in [0.2, 0.25) is 0 Å². The van der Waals surface area contributed by atoms with Gasteiger partial charge in [-0.25, -0.2) is 0 Å². The number of hydrogen-bond acceptors (Lipinski definition) is 3. The van der Waals surface area contributed by atoms with E-state index in [1.54, 1.807) is 11.3 Å². The Morgan fingerprint density at radius 2 is 2.36 bits per heavy atom. The Kier molecular flexibility index (Phi) is 4.64. The summed E-state index contributed by atoms with van der Waals surface area (Å²) in [7, 11) is 0. The molecule has 0 bridgehead atoms. The number of nitrogens with zero attached hydrogens (tertiary/aromatic N) is 1. The fourth-order valence-electron chi connectivity index (χ4n) is 1.29. The minimum absolute atomic E-state index is 0.333. The Hall–Kier alpha value is -0.850. The molecule has 0 saturated carbocycles. The van der Waals surface area contributed by atoms with Gasteiger partial charge in [0.15, 0.2) is 0 Å². The van der Waals surface area contributed by atoms with E-state index >= 15 is 0 Å². The first-order valence-electron chi connectivity index (χ1n) is 4.90. The van der Waals surface area contributed by atoms with Crippen LogP contribution in [0.25, 0.3) is 0 Å². The molecule has 76 valence electrons. The van der Waals surface area contributed by atoms with Crippen LogP contribution in [-0.2, 0) is 6.54 Å². The van der Waals surface area contributed by atoms with Gasteiger partial charge in [0.1, 0.15) is 0 Å². The summed E-state index contributed by atoms with van der Waals surface area (Å²) in [5.41, 5.74) is 2.70. The molecule has 0 saturated heterocycles. The zero-order valence-electron chi connectivity index (χ0n) is 8.71. The lowest BCUT2D eigenvalue weighted by atomic mass is 10.1. The van der Waals surface area contributed by atoms with Crippen LogP contribution in [0.1, 0.15) is 30.9 Å². The number of nitriles is 1. The van der Waals surface area contributed by atoms with E-state index in [1.807, 2.05) is 0 Å². The standard InChI is InChI=1S/C11H16N2S/c1-3-11(4-5-12)13-6-10-8-14-7-9(10)2/h7-8,11,13H,3-4,6H2,1-2H3. The molecule has 1 atom stereocenters. The Morgan fingerprint density at radius 1 is 1.57 bits per heavy atom. The van der Waals surface area contributed by atoms with Gasteiger partial charge in [-0.1, -0.05) is 6.92 Å². The lowest BCUT2D eigenvalue weighted by molar-refractivity contribution is 0.505. The van der Waals surface area contributed by atoms with Gasteiger partial charge in [-0.05, 0) is 35.2 Å². The molecule has 0 aliphatic heterocycles. The van der Waals surface area contributed by atoms with Crippen molar-refractivity contribution in [2.75, 3.05) is 0 Å². The predicted octanol–water partition coefficient (Wildman–Crippen LogP) is 2.84. The van der Waals surface area contributed by atoms with Crippen molar-refractivity contribution in [1.82, 2.24) is 5.32 Å². The molecule has 0 fully saturated rings. The van der Waals surface area contributed by atoms with Crippen LogP contribution in [-0.4, -0.2) is 6.04 Å². The van der Waals surface area contributed by atoms with Gasteiger partial charge in [-0.15, -0.1) is 0 Å². The van der Waals surface area contributed by atoms with Gasteiger partial charge in [0.05, 0.1) is 12.5 Å². The van der Waals surface area contributed by atoms with Crippen LogP contribution in [0.15, 0.2) is 10.8 Å². The van der Waals surface area contributed by atoms with E-state index in [1.165, 1.54) is 11.1 Å². The third-order valence-corrected chi connectivity index (χ3v) is 3.28. The maximum Gasteiger partial charge on any atom is 0.0638 e. The molecule has 1 heterocycles. The largest absolute Gasteiger partial charge is 0.309 e. The van der Waals surface area contributed by atoms with Crippen LogP contribution < -0.4 is 5.32 Å². The van der Waals surface area contributed by atoms with E-state index in [2.05, 4.69) is 36.0 Å². The van der Waals surface area contributed by atoms with Crippen LogP contribution >= 0.6 is 11.3 Å². The normalized spacial score (nSPS) is 12.4. The highest BCUT2D eigenvalue weighted by Gasteiger charge is 2.05. The van der Waals surface area contributed by atoms with Crippen molar-refractivity contribution in [3.05, 3.63) is 21.9 Å². The molecule has 0 aliphatic rings. The fourth-order valence-corrected chi connectivity index (χ4v) is 2.15. The summed E-state index contributed by atoms with van der Waals surface area (Å²) in [5, 5.41) is 16.3. The molecule has 1 unspecified atom stereocenters. The molecule has 0 spiro atoms. The first kappa shape index (κ1) is 11.2. The number of nitrogens with one attached hydrogen (secondary N) is 1. The smallest absolute Gasteiger partial charge is 0.0638 e. The molecule has 1 rings (SSSR count). The summed E-state index contributed by atoms with van der Waals surface area (Å²) in [4.78, 5) is 0. The van der Waals surface area contributed by atoms with E-state index in [0.29, 0.717) is 12.5 Å². The van der Waals surface area contributed by atoms with Gasteiger partial charge in [-0.3, -0.25) is 0 Å². The van der Waals surface area contributed by atoms with E-state index in [-0.39, 0.29) is 0 Å². The summed E-state index contributed by atoms with van der Waals surface area (Å²) in [5.74, 6) is 0. The Labute approximate surface area is 89.6 Å². The van der Waals surface area contributed by atoms with Gasteiger partial charge in [-0.2, -0.15) is 16.6 Å². The van der Waals surface area contributed by atoms with Crippen LogP contribution in [0.4, 0.5) is 0 Å². The van der Waals surface area contributed by atoms with Gasteiger partial charge >= 0.3 is 0 Å². The van der Waals surface area contributed by atoms with E-state index < -0.39 is 0 Å². The predicted molar refractivity (Wildman–Crippen MR) is 60.2 cm³/mol. The molecule has 0 amide bonds. The zero-order chi connectivity index (χ0) is 10.4. The first-order valence-corrected chi connectivity index (χ1v) is 5.84. The maximum absolute atomic E-state index is 8.59. The maximum atomic E-state index is 8.59. The molecular weight excluding hydrogens is 192 g/mol. The molecule has 1 aromatic heterocycles. The number of hydrogen-bond donors (Lipinski definition) is 1. The van der Waals surface area contributed by atoms with Crippen molar-refractivity contribution in [3.8, 4) is 6.07 Å². The lowest BCUT2D eigenvalue weighted by Gasteiger charge is -2.12. The number of aryl methyl sites for hydroxylation is 1. The highest BCUT2D eigenvalue weighted by molar-refractivity contribution is 7.08. The fraction of sp³-hybridized carbons (Fsp3) is 0.545. The molecule has 14 heavy (non-hydrogen) atoms. The summed E-state index contributed by atoms with van der Waals surface area (Å²) in [6.07, 6.45) is 1.61. The van der Waals surface area contributed by atoms with Gasteiger partial charge < -0.3 is 5.32 Å². The quantitative estimate of drug-likeness (QED) is 0.807. The van der Waals surface area contributed by atoms with Crippen molar-refractivity contribution in [2.24, 2.45) is 0 Å². The van der Waals surface area contributed by atoms with Crippen LogP contribution in [0.3, 0.4) is 0 Å². The monoisotopic (exact) mass is 208 g/mol. The number of rotatable bonds is 5. The lowest BCUT2D eigenvalue weighted by Crippen LogP contribution is -2.27. The molecule has 0 radical (unpaired) electrons. The van der Waals surface area contributed by atoms with Gasteiger partial charge in [0.25, 0.3) is 0 Å². The van der Waals surface area contributed by atoms with Crippen molar-refractivity contribution >= 4 is 11.3 Å². The average Bonchev–Trinajstić information content (AvgIpc) is 2.59. The van der Waals surface area contributed by atoms with Crippen molar-refractivity contribution in [2.45, 2.75) is 39.3 Å². The second kappa shape index (κ2) is 5.79. The highest BCUT2D eigenvalue weighted by Crippen LogP contribution is 2.13.